The van der Waals surface area contributed by atoms with E-state index in [1.165, 1.54) is 0 Å². The first kappa shape index (κ1) is 14.8. The lowest BCUT2D eigenvalue weighted by molar-refractivity contribution is -0.117. The zero-order chi connectivity index (χ0) is 15.5. The van der Waals surface area contributed by atoms with Crippen molar-refractivity contribution in [1.29, 1.82) is 0 Å². The number of benzene rings is 1. The van der Waals surface area contributed by atoms with Crippen LogP contribution in [0.5, 0.6) is 0 Å². The standard InChI is InChI=1S/C17H22N4O/c1-13-9-18-16(19-13)12-20(2)10-14-8-17(22)21(11-14)15-6-4-3-5-7-15/h3-7,9,14H,8,10-12H2,1-2H3,(H,18,19)/t14-/m1/s1. The van der Waals surface area contributed by atoms with Crippen LogP contribution >= 0.6 is 0 Å². The van der Waals surface area contributed by atoms with Crippen LogP contribution in [0.4, 0.5) is 5.69 Å². The Balaban J connectivity index is 1.57. The summed E-state index contributed by atoms with van der Waals surface area (Å²) in [6.45, 7) is 4.48. The minimum Gasteiger partial charge on any atom is -0.345 e. The number of nitrogens with zero attached hydrogens (tertiary/aromatic N) is 3. The van der Waals surface area contributed by atoms with Crippen LogP contribution in [0.25, 0.3) is 0 Å². The second-order valence-corrected chi connectivity index (χ2v) is 6.12. The van der Waals surface area contributed by atoms with Gasteiger partial charge in [-0.25, -0.2) is 4.98 Å². The molecule has 1 N–H and O–H groups in total. The fourth-order valence-electron chi connectivity index (χ4n) is 3.07. The van der Waals surface area contributed by atoms with E-state index in [4.69, 9.17) is 0 Å². The molecule has 1 aliphatic rings. The van der Waals surface area contributed by atoms with Gasteiger partial charge in [-0.2, -0.15) is 0 Å². The number of aromatic nitrogens is 2. The highest BCUT2D eigenvalue weighted by Gasteiger charge is 2.31. The Kier molecular flexibility index (Phi) is 4.24. The summed E-state index contributed by atoms with van der Waals surface area (Å²) in [4.78, 5) is 23.9. The summed E-state index contributed by atoms with van der Waals surface area (Å²) in [5.41, 5.74) is 2.08. The number of anilines is 1. The third-order valence-electron chi connectivity index (χ3n) is 4.02. The molecule has 1 aliphatic heterocycles. The summed E-state index contributed by atoms with van der Waals surface area (Å²) in [6.07, 6.45) is 2.47. The fourth-order valence-corrected chi connectivity index (χ4v) is 3.07. The summed E-state index contributed by atoms with van der Waals surface area (Å²) < 4.78 is 0. The third-order valence-corrected chi connectivity index (χ3v) is 4.02. The minimum atomic E-state index is 0.221. The van der Waals surface area contributed by atoms with Crippen molar-refractivity contribution >= 4 is 11.6 Å². The molecule has 2 aromatic rings. The molecule has 3 rings (SSSR count). The van der Waals surface area contributed by atoms with Crippen LogP contribution in [0.3, 0.4) is 0 Å². The molecule has 0 aliphatic carbocycles. The van der Waals surface area contributed by atoms with Crippen LogP contribution in [-0.2, 0) is 11.3 Å². The molecule has 0 radical (unpaired) electrons. The number of carbonyl (C=O) groups is 1. The molecular weight excluding hydrogens is 276 g/mol. The van der Waals surface area contributed by atoms with Gasteiger partial charge in [0.1, 0.15) is 5.82 Å². The Bertz CT molecular complexity index is 637. The van der Waals surface area contributed by atoms with E-state index < -0.39 is 0 Å². The Morgan fingerprint density at radius 2 is 2.14 bits per heavy atom. The highest BCUT2D eigenvalue weighted by atomic mass is 16.2. The lowest BCUT2D eigenvalue weighted by atomic mass is 10.1. The Labute approximate surface area is 131 Å². The Morgan fingerprint density at radius 3 is 2.82 bits per heavy atom. The fraction of sp³-hybridized carbons (Fsp3) is 0.412. The van der Waals surface area contributed by atoms with Crippen LogP contribution < -0.4 is 4.90 Å². The van der Waals surface area contributed by atoms with Gasteiger partial charge < -0.3 is 9.88 Å². The molecule has 1 saturated heterocycles. The van der Waals surface area contributed by atoms with Gasteiger partial charge in [-0.1, -0.05) is 18.2 Å². The Hall–Kier alpha value is -2.14. The van der Waals surface area contributed by atoms with Gasteiger partial charge in [-0.05, 0) is 32.0 Å². The molecule has 0 saturated carbocycles. The van der Waals surface area contributed by atoms with Crippen molar-refractivity contribution in [3.63, 3.8) is 0 Å². The molecule has 1 aromatic carbocycles. The van der Waals surface area contributed by atoms with E-state index in [1.54, 1.807) is 0 Å². The predicted molar refractivity (Wildman–Crippen MR) is 86.6 cm³/mol. The summed E-state index contributed by atoms with van der Waals surface area (Å²) >= 11 is 0. The largest absolute Gasteiger partial charge is 0.345 e. The smallest absolute Gasteiger partial charge is 0.227 e. The third kappa shape index (κ3) is 3.36. The summed E-state index contributed by atoms with van der Waals surface area (Å²) in [7, 11) is 2.08. The van der Waals surface area contributed by atoms with Crippen LogP contribution in [0.1, 0.15) is 17.9 Å². The number of H-pyrrole nitrogens is 1. The van der Waals surface area contributed by atoms with Gasteiger partial charge in [-0.15, -0.1) is 0 Å². The molecule has 1 aromatic heterocycles. The number of rotatable bonds is 5. The maximum atomic E-state index is 12.2. The monoisotopic (exact) mass is 298 g/mol. The lowest BCUT2D eigenvalue weighted by Crippen LogP contribution is -2.29. The molecule has 2 heterocycles. The molecule has 1 atom stereocenters. The Morgan fingerprint density at radius 1 is 1.36 bits per heavy atom. The maximum Gasteiger partial charge on any atom is 0.227 e. The van der Waals surface area contributed by atoms with Crippen LogP contribution in [0.2, 0.25) is 0 Å². The zero-order valence-corrected chi connectivity index (χ0v) is 13.1. The van der Waals surface area contributed by atoms with Crippen molar-refractivity contribution < 1.29 is 4.79 Å². The van der Waals surface area contributed by atoms with E-state index in [0.29, 0.717) is 12.3 Å². The summed E-state index contributed by atoms with van der Waals surface area (Å²) in [5, 5.41) is 0. The molecule has 1 fully saturated rings. The number of para-hydroxylation sites is 1. The molecule has 0 spiro atoms. The summed E-state index contributed by atoms with van der Waals surface area (Å²) in [5.74, 6) is 1.57. The molecular formula is C17H22N4O. The highest BCUT2D eigenvalue weighted by Crippen LogP contribution is 2.25. The molecule has 22 heavy (non-hydrogen) atoms. The second-order valence-electron chi connectivity index (χ2n) is 6.12. The topological polar surface area (TPSA) is 52.2 Å². The van der Waals surface area contributed by atoms with Crippen LogP contribution in [0.15, 0.2) is 36.5 Å². The SMILES string of the molecule is Cc1cnc(CN(C)C[C@H]2CC(=O)N(c3ccccc3)C2)[nH]1. The van der Waals surface area contributed by atoms with Crippen molar-refractivity contribution in [1.82, 2.24) is 14.9 Å². The number of amides is 1. The van der Waals surface area contributed by atoms with Gasteiger partial charge in [0.15, 0.2) is 0 Å². The first-order valence-electron chi connectivity index (χ1n) is 7.66. The van der Waals surface area contributed by atoms with Gasteiger partial charge in [0.2, 0.25) is 5.91 Å². The molecule has 116 valence electrons. The second kappa shape index (κ2) is 6.32. The first-order chi connectivity index (χ1) is 10.6. The first-order valence-corrected chi connectivity index (χ1v) is 7.66. The van der Waals surface area contributed by atoms with Crippen molar-refractivity contribution in [3.8, 4) is 0 Å². The van der Waals surface area contributed by atoms with Gasteiger partial charge in [0.25, 0.3) is 0 Å². The van der Waals surface area contributed by atoms with Gasteiger partial charge in [0, 0.05) is 37.1 Å². The van der Waals surface area contributed by atoms with E-state index in [1.807, 2.05) is 48.4 Å². The number of aryl methyl sites for hydroxylation is 1. The highest BCUT2D eigenvalue weighted by molar-refractivity contribution is 5.95. The van der Waals surface area contributed by atoms with E-state index in [9.17, 15) is 4.79 Å². The maximum absolute atomic E-state index is 12.2. The summed E-state index contributed by atoms with van der Waals surface area (Å²) in [6, 6.07) is 9.91. The molecule has 1 amide bonds. The number of hydrogen-bond acceptors (Lipinski definition) is 3. The average Bonchev–Trinajstić information content (AvgIpc) is 3.05. The number of carbonyl (C=O) groups excluding carboxylic acids is 1. The normalized spacial score (nSPS) is 18.4. The number of nitrogens with one attached hydrogen (secondary N) is 1. The quantitative estimate of drug-likeness (QED) is 0.920. The predicted octanol–water partition coefficient (Wildman–Crippen LogP) is 2.20. The van der Waals surface area contributed by atoms with Gasteiger partial charge in [0.05, 0.1) is 6.54 Å². The van der Waals surface area contributed by atoms with Crippen LogP contribution in [0, 0.1) is 12.8 Å². The van der Waals surface area contributed by atoms with Crippen molar-refractivity contribution in [3.05, 3.63) is 48.0 Å². The van der Waals surface area contributed by atoms with Gasteiger partial charge >= 0.3 is 0 Å². The van der Waals surface area contributed by atoms with E-state index in [-0.39, 0.29) is 5.91 Å². The van der Waals surface area contributed by atoms with Gasteiger partial charge in [-0.3, -0.25) is 9.69 Å². The molecule has 0 unspecified atom stereocenters. The lowest BCUT2D eigenvalue weighted by Gasteiger charge is -2.20. The van der Waals surface area contributed by atoms with E-state index >= 15 is 0 Å². The van der Waals surface area contributed by atoms with E-state index in [0.717, 1.165) is 36.8 Å². The van der Waals surface area contributed by atoms with Crippen molar-refractivity contribution in [2.24, 2.45) is 5.92 Å². The zero-order valence-electron chi connectivity index (χ0n) is 13.1. The van der Waals surface area contributed by atoms with Crippen molar-refractivity contribution in [2.75, 3.05) is 25.0 Å². The number of aromatic amines is 1. The van der Waals surface area contributed by atoms with E-state index in [2.05, 4.69) is 21.9 Å². The van der Waals surface area contributed by atoms with Crippen LogP contribution in [-0.4, -0.2) is 40.9 Å². The average molecular weight is 298 g/mol. The minimum absolute atomic E-state index is 0.221. The number of hydrogen-bond donors (Lipinski definition) is 1. The number of imidazole rings is 1. The molecule has 5 nitrogen and oxygen atoms in total. The molecule has 5 heteroatoms. The molecule has 0 bridgehead atoms. The van der Waals surface area contributed by atoms with Crippen molar-refractivity contribution in [2.45, 2.75) is 19.9 Å².